The Hall–Kier alpha value is -2.44. The predicted octanol–water partition coefficient (Wildman–Crippen LogP) is 2.63. The molecule has 3 N–H and O–H groups in total. The zero-order chi connectivity index (χ0) is 18.6. The van der Waals surface area contributed by atoms with Crippen molar-refractivity contribution in [1.82, 2.24) is 10.6 Å². The van der Waals surface area contributed by atoms with Gasteiger partial charge in [0.2, 0.25) is 0 Å². The van der Waals surface area contributed by atoms with E-state index < -0.39 is 11.9 Å². The minimum absolute atomic E-state index is 0.0706. The Balaban J connectivity index is 1.76. The van der Waals surface area contributed by atoms with Gasteiger partial charge in [0, 0.05) is 18.7 Å². The van der Waals surface area contributed by atoms with E-state index in [9.17, 15) is 9.50 Å². The fraction of sp³-hybridized carbons (Fsp3) is 0.350. The molecule has 0 spiro atoms. The highest BCUT2D eigenvalue weighted by atomic mass is 19.1. The average molecular weight is 359 g/mol. The van der Waals surface area contributed by atoms with Crippen LogP contribution >= 0.6 is 0 Å². The van der Waals surface area contributed by atoms with Crippen LogP contribution in [-0.4, -0.2) is 37.3 Å². The fourth-order valence-electron chi connectivity index (χ4n) is 2.37. The molecule has 0 fully saturated rings. The molecular weight excluding hydrogens is 333 g/mol. The van der Waals surface area contributed by atoms with Crippen molar-refractivity contribution in [1.29, 1.82) is 0 Å². The third kappa shape index (κ3) is 6.82. The van der Waals surface area contributed by atoms with Crippen LogP contribution in [0, 0.1) is 5.82 Å². The van der Waals surface area contributed by atoms with Crippen molar-refractivity contribution in [3.05, 3.63) is 71.5 Å². The molecule has 2 rings (SSSR count). The number of aliphatic hydroxyl groups is 1. The summed E-state index contributed by atoms with van der Waals surface area (Å²) in [6, 6.07) is 16.1. The third-order valence-corrected chi connectivity index (χ3v) is 3.68. The molecule has 0 amide bonds. The van der Waals surface area contributed by atoms with Gasteiger partial charge < -0.3 is 20.5 Å². The molecule has 1 unspecified atom stereocenters. The maximum atomic E-state index is 13.7. The molecule has 0 bridgehead atoms. The van der Waals surface area contributed by atoms with Crippen LogP contribution in [0.3, 0.4) is 0 Å². The summed E-state index contributed by atoms with van der Waals surface area (Å²) in [4.78, 5) is 4.31. The van der Waals surface area contributed by atoms with Crippen LogP contribution in [0.2, 0.25) is 0 Å². The van der Waals surface area contributed by atoms with E-state index in [-0.39, 0.29) is 12.1 Å². The van der Waals surface area contributed by atoms with Crippen molar-refractivity contribution < 1.29 is 14.2 Å². The zero-order valence-corrected chi connectivity index (χ0v) is 15.0. The summed E-state index contributed by atoms with van der Waals surface area (Å²) in [5, 5.41) is 16.4. The second-order valence-electron chi connectivity index (χ2n) is 5.72. The molecule has 0 aliphatic heterocycles. The van der Waals surface area contributed by atoms with E-state index in [0.29, 0.717) is 32.3 Å². The molecule has 26 heavy (non-hydrogen) atoms. The molecule has 2 aromatic carbocycles. The van der Waals surface area contributed by atoms with Crippen LogP contribution in [0.4, 0.5) is 4.39 Å². The van der Waals surface area contributed by atoms with Crippen molar-refractivity contribution in [3.8, 4) is 0 Å². The van der Waals surface area contributed by atoms with Gasteiger partial charge in [-0.1, -0.05) is 48.5 Å². The SMILES string of the molecule is CCNC(=NCC(O)c1ccccc1F)NCCOCc1ccccc1. The molecular formula is C20H26FN3O2. The summed E-state index contributed by atoms with van der Waals surface area (Å²) in [6.45, 7) is 4.37. The monoisotopic (exact) mass is 359 g/mol. The number of hydrogen-bond acceptors (Lipinski definition) is 3. The lowest BCUT2D eigenvalue weighted by Crippen LogP contribution is -2.39. The van der Waals surface area contributed by atoms with E-state index in [1.165, 1.54) is 6.07 Å². The Morgan fingerprint density at radius 3 is 2.58 bits per heavy atom. The zero-order valence-electron chi connectivity index (χ0n) is 15.0. The fourth-order valence-corrected chi connectivity index (χ4v) is 2.37. The number of ether oxygens (including phenoxy) is 1. The second-order valence-corrected chi connectivity index (χ2v) is 5.72. The maximum absolute atomic E-state index is 13.7. The molecule has 1 atom stereocenters. The first-order valence-electron chi connectivity index (χ1n) is 8.77. The van der Waals surface area contributed by atoms with Gasteiger partial charge in [-0.2, -0.15) is 0 Å². The van der Waals surface area contributed by atoms with E-state index in [1.54, 1.807) is 18.2 Å². The van der Waals surface area contributed by atoms with Crippen molar-refractivity contribution in [2.24, 2.45) is 4.99 Å². The molecule has 0 aliphatic carbocycles. The summed E-state index contributed by atoms with van der Waals surface area (Å²) in [7, 11) is 0. The van der Waals surface area contributed by atoms with Gasteiger partial charge in [0.25, 0.3) is 0 Å². The Morgan fingerprint density at radius 1 is 1.12 bits per heavy atom. The van der Waals surface area contributed by atoms with Crippen molar-refractivity contribution in [2.75, 3.05) is 26.2 Å². The van der Waals surface area contributed by atoms with E-state index >= 15 is 0 Å². The first-order chi connectivity index (χ1) is 12.7. The highest BCUT2D eigenvalue weighted by Gasteiger charge is 2.11. The first-order valence-corrected chi connectivity index (χ1v) is 8.77. The Labute approximate surface area is 153 Å². The molecule has 0 saturated carbocycles. The van der Waals surface area contributed by atoms with Gasteiger partial charge in [0.05, 0.1) is 19.8 Å². The van der Waals surface area contributed by atoms with Gasteiger partial charge >= 0.3 is 0 Å². The highest BCUT2D eigenvalue weighted by Crippen LogP contribution is 2.16. The smallest absolute Gasteiger partial charge is 0.191 e. The van der Waals surface area contributed by atoms with Crippen molar-refractivity contribution in [3.63, 3.8) is 0 Å². The summed E-state index contributed by atoms with van der Waals surface area (Å²) >= 11 is 0. The Bertz CT molecular complexity index is 680. The van der Waals surface area contributed by atoms with E-state index in [0.717, 1.165) is 5.56 Å². The maximum Gasteiger partial charge on any atom is 0.191 e. The highest BCUT2D eigenvalue weighted by molar-refractivity contribution is 5.79. The molecule has 0 aromatic heterocycles. The molecule has 0 radical (unpaired) electrons. The lowest BCUT2D eigenvalue weighted by atomic mass is 10.1. The largest absolute Gasteiger partial charge is 0.386 e. The number of nitrogens with one attached hydrogen (secondary N) is 2. The standard InChI is InChI=1S/C20H26FN3O2/c1-2-22-20(23-12-13-26-15-16-8-4-3-5-9-16)24-14-19(25)17-10-6-7-11-18(17)21/h3-11,19,25H,2,12-15H2,1H3,(H2,22,23,24). The number of guanidine groups is 1. The summed E-state index contributed by atoms with van der Waals surface area (Å²) in [6.07, 6.45) is -0.985. The number of nitrogens with zero attached hydrogens (tertiary/aromatic N) is 1. The normalized spacial score (nSPS) is 12.7. The number of halogens is 1. The number of rotatable bonds is 9. The van der Waals surface area contributed by atoms with Gasteiger partial charge in [0.1, 0.15) is 11.9 Å². The number of hydrogen-bond donors (Lipinski definition) is 3. The first kappa shape index (κ1) is 19.9. The summed E-state index contributed by atoms with van der Waals surface area (Å²) in [5.41, 5.74) is 1.37. The molecule has 5 nitrogen and oxygen atoms in total. The van der Waals surface area contributed by atoms with Gasteiger partial charge in [-0.15, -0.1) is 0 Å². The van der Waals surface area contributed by atoms with Gasteiger partial charge in [0.15, 0.2) is 5.96 Å². The number of aliphatic hydroxyl groups excluding tert-OH is 1. The number of benzene rings is 2. The summed E-state index contributed by atoms with van der Waals surface area (Å²) < 4.78 is 19.3. The average Bonchev–Trinajstić information content (AvgIpc) is 2.66. The van der Waals surface area contributed by atoms with Crippen LogP contribution in [0.1, 0.15) is 24.2 Å². The molecule has 140 valence electrons. The van der Waals surface area contributed by atoms with Gasteiger partial charge in [-0.05, 0) is 18.6 Å². The quantitative estimate of drug-likeness (QED) is 0.366. The van der Waals surface area contributed by atoms with E-state index in [2.05, 4.69) is 15.6 Å². The second kappa shape index (κ2) is 11.2. The molecule has 2 aromatic rings. The van der Waals surface area contributed by atoms with Gasteiger partial charge in [-0.25, -0.2) is 4.39 Å². The molecule has 0 heterocycles. The van der Waals surface area contributed by atoms with Crippen molar-refractivity contribution >= 4 is 5.96 Å². The van der Waals surface area contributed by atoms with Gasteiger partial charge in [-0.3, -0.25) is 4.99 Å². The number of aliphatic imine (C=N–C) groups is 1. The summed E-state index contributed by atoms with van der Waals surface area (Å²) in [5.74, 6) is 0.133. The third-order valence-electron chi connectivity index (χ3n) is 3.68. The lowest BCUT2D eigenvalue weighted by Gasteiger charge is -2.14. The van der Waals surface area contributed by atoms with Crippen molar-refractivity contribution in [2.45, 2.75) is 19.6 Å². The van der Waals surface area contributed by atoms with Crippen LogP contribution in [0.15, 0.2) is 59.6 Å². The predicted molar refractivity (Wildman–Crippen MR) is 101 cm³/mol. The minimum atomic E-state index is -0.985. The topological polar surface area (TPSA) is 65.9 Å². The van der Waals surface area contributed by atoms with Crippen LogP contribution in [0.25, 0.3) is 0 Å². The molecule has 0 aliphatic rings. The van der Waals surface area contributed by atoms with Crippen LogP contribution in [-0.2, 0) is 11.3 Å². The Morgan fingerprint density at radius 2 is 1.85 bits per heavy atom. The molecule has 6 heteroatoms. The van der Waals surface area contributed by atoms with Crippen LogP contribution in [0.5, 0.6) is 0 Å². The minimum Gasteiger partial charge on any atom is -0.386 e. The Kier molecular flexibility index (Phi) is 8.59. The molecule has 0 saturated heterocycles. The lowest BCUT2D eigenvalue weighted by molar-refractivity contribution is 0.125. The van der Waals surface area contributed by atoms with E-state index in [1.807, 2.05) is 37.3 Å². The van der Waals surface area contributed by atoms with E-state index in [4.69, 9.17) is 4.74 Å². The van der Waals surface area contributed by atoms with Crippen LogP contribution < -0.4 is 10.6 Å².